The molecule has 0 radical (unpaired) electrons. The van der Waals surface area contributed by atoms with E-state index in [1.165, 1.54) is 57.5 Å². The number of rotatable bonds is 7. The molecule has 17 heavy (non-hydrogen) atoms. The van der Waals surface area contributed by atoms with E-state index in [1.54, 1.807) is 0 Å². The summed E-state index contributed by atoms with van der Waals surface area (Å²) in [5, 5.41) is 3.79. The summed E-state index contributed by atoms with van der Waals surface area (Å²) in [6.45, 7) is 6.17. The maximum Gasteiger partial charge on any atom is 0.0224 e. The van der Waals surface area contributed by atoms with Crippen LogP contribution in [0.15, 0.2) is 0 Å². The molecule has 3 heteroatoms. The summed E-state index contributed by atoms with van der Waals surface area (Å²) in [6.07, 6.45) is 9.19. The molecule has 2 rings (SSSR count). The molecular weight excluding hydrogens is 228 g/mol. The second kappa shape index (κ2) is 7.01. The lowest BCUT2D eigenvalue weighted by atomic mass is 10.0. The van der Waals surface area contributed by atoms with Crippen LogP contribution in [-0.2, 0) is 0 Å². The summed E-state index contributed by atoms with van der Waals surface area (Å²) >= 11 is 1.98. The van der Waals surface area contributed by atoms with Crippen molar-refractivity contribution in [3.05, 3.63) is 0 Å². The molecule has 1 saturated carbocycles. The highest BCUT2D eigenvalue weighted by Gasteiger charge is 2.36. The van der Waals surface area contributed by atoms with Gasteiger partial charge in [0.05, 0.1) is 0 Å². The first-order chi connectivity index (χ1) is 8.35. The van der Waals surface area contributed by atoms with Crippen molar-refractivity contribution in [2.75, 3.05) is 31.6 Å². The molecule has 2 nitrogen and oxygen atoms in total. The lowest BCUT2D eigenvalue weighted by molar-refractivity contribution is 0.116. The number of hydrogen-bond donors (Lipinski definition) is 1. The van der Waals surface area contributed by atoms with Gasteiger partial charge in [0.2, 0.25) is 0 Å². The Kier molecular flexibility index (Phi) is 5.64. The first-order valence-electron chi connectivity index (χ1n) is 7.31. The average molecular weight is 256 g/mol. The van der Waals surface area contributed by atoms with Gasteiger partial charge in [-0.3, -0.25) is 4.90 Å². The van der Waals surface area contributed by atoms with Gasteiger partial charge in [0.1, 0.15) is 0 Å². The van der Waals surface area contributed by atoms with Crippen LogP contribution in [0.3, 0.4) is 0 Å². The number of thioether (sulfide) groups is 1. The highest BCUT2D eigenvalue weighted by molar-refractivity contribution is 7.98. The van der Waals surface area contributed by atoms with E-state index in [9.17, 15) is 0 Å². The van der Waals surface area contributed by atoms with E-state index in [1.807, 2.05) is 11.8 Å². The molecule has 1 heterocycles. The highest BCUT2D eigenvalue weighted by atomic mass is 32.2. The maximum absolute atomic E-state index is 3.79. The molecule has 1 saturated heterocycles. The van der Waals surface area contributed by atoms with E-state index in [0.29, 0.717) is 0 Å². The van der Waals surface area contributed by atoms with Gasteiger partial charge in [-0.05, 0) is 50.2 Å². The summed E-state index contributed by atoms with van der Waals surface area (Å²) in [4.78, 5) is 2.78. The Morgan fingerprint density at radius 1 is 1.35 bits per heavy atom. The topological polar surface area (TPSA) is 15.3 Å². The zero-order valence-corrected chi connectivity index (χ0v) is 12.3. The zero-order chi connectivity index (χ0) is 12.1. The summed E-state index contributed by atoms with van der Waals surface area (Å²) in [6, 6.07) is 1.61. The fourth-order valence-electron chi connectivity index (χ4n) is 3.00. The highest BCUT2D eigenvalue weighted by Crippen LogP contribution is 2.34. The third kappa shape index (κ3) is 4.15. The number of nitrogens with zero attached hydrogens (tertiary/aromatic N) is 1. The predicted octanol–water partition coefficient (Wildman–Crippen LogP) is 2.59. The van der Waals surface area contributed by atoms with Gasteiger partial charge in [0.25, 0.3) is 0 Å². The smallest absolute Gasteiger partial charge is 0.0224 e. The minimum absolute atomic E-state index is 0.803. The lowest BCUT2D eigenvalue weighted by Gasteiger charge is -2.40. The van der Waals surface area contributed by atoms with E-state index >= 15 is 0 Å². The Balaban J connectivity index is 1.80. The standard InChI is InChI=1S/C14H28N2S/c1-3-5-13-10-15-14(12-6-7-12)11-16(13)8-4-9-17-2/h12-15H,3-11H2,1-2H3. The fourth-order valence-corrected chi connectivity index (χ4v) is 3.42. The van der Waals surface area contributed by atoms with Gasteiger partial charge in [-0.25, -0.2) is 0 Å². The van der Waals surface area contributed by atoms with Crippen molar-refractivity contribution in [1.82, 2.24) is 10.2 Å². The van der Waals surface area contributed by atoms with Crippen molar-refractivity contribution in [2.24, 2.45) is 5.92 Å². The van der Waals surface area contributed by atoms with Crippen LogP contribution in [0.2, 0.25) is 0 Å². The Morgan fingerprint density at radius 3 is 2.82 bits per heavy atom. The SMILES string of the molecule is CCCC1CNC(C2CC2)CN1CCCSC. The van der Waals surface area contributed by atoms with Crippen molar-refractivity contribution in [2.45, 2.75) is 51.1 Å². The van der Waals surface area contributed by atoms with Crippen LogP contribution in [-0.4, -0.2) is 48.6 Å². The van der Waals surface area contributed by atoms with E-state index < -0.39 is 0 Å². The van der Waals surface area contributed by atoms with Crippen molar-refractivity contribution >= 4 is 11.8 Å². The van der Waals surface area contributed by atoms with E-state index in [4.69, 9.17) is 0 Å². The monoisotopic (exact) mass is 256 g/mol. The molecule has 2 aliphatic rings. The number of piperazine rings is 1. The van der Waals surface area contributed by atoms with E-state index in [-0.39, 0.29) is 0 Å². The number of hydrogen-bond acceptors (Lipinski definition) is 3. The predicted molar refractivity (Wildman–Crippen MR) is 77.8 cm³/mol. The Labute approximate surface area is 111 Å². The molecule has 2 atom stereocenters. The van der Waals surface area contributed by atoms with Gasteiger partial charge in [-0.15, -0.1) is 0 Å². The molecule has 100 valence electrons. The molecular formula is C14H28N2S. The largest absolute Gasteiger partial charge is 0.311 e. The van der Waals surface area contributed by atoms with Crippen LogP contribution >= 0.6 is 11.8 Å². The second-order valence-electron chi connectivity index (χ2n) is 5.64. The van der Waals surface area contributed by atoms with Crippen molar-refractivity contribution in [1.29, 1.82) is 0 Å². The second-order valence-corrected chi connectivity index (χ2v) is 6.62. The van der Waals surface area contributed by atoms with Gasteiger partial charge in [0.15, 0.2) is 0 Å². The van der Waals surface area contributed by atoms with Gasteiger partial charge in [0, 0.05) is 25.2 Å². The van der Waals surface area contributed by atoms with Crippen molar-refractivity contribution in [3.8, 4) is 0 Å². The first-order valence-corrected chi connectivity index (χ1v) is 8.71. The summed E-state index contributed by atoms with van der Waals surface area (Å²) in [5.41, 5.74) is 0. The molecule has 0 aromatic rings. The van der Waals surface area contributed by atoms with Crippen molar-refractivity contribution < 1.29 is 0 Å². The van der Waals surface area contributed by atoms with Crippen LogP contribution in [0.1, 0.15) is 39.0 Å². The molecule has 1 aliphatic heterocycles. The molecule has 2 fully saturated rings. The van der Waals surface area contributed by atoms with Gasteiger partial charge in [-0.2, -0.15) is 11.8 Å². The lowest BCUT2D eigenvalue weighted by Crippen LogP contribution is -2.57. The number of nitrogens with one attached hydrogen (secondary N) is 1. The minimum atomic E-state index is 0.803. The molecule has 1 N–H and O–H groups in total. The summed E-state index contributed by atoms with van der Waals surface area (Å²) in [5.74, 6) is 2.32. The molecule has 2 unspecified atom stereocenters. The minimum Gasteiger partial charge on any atom is -0.311 e. The molecule has 0 bridgehead atoms. The average Bonchev–Trinajstić information content (AvgIpc) is 3.16. The van der Waals surface area contributed by atoms with E-state index in [2.05, 4.69) is 23.4 Å². The van der Waals surface area contributed by atoms with Crippen molar-refractivity contribution in [3.63, 3.8) is 0 Å². The van der Waals surface area contributed by atoms with Crippen LogP contribution in [0.4, 0.5) is 0 Å². The van der Waals surface area contributed by atoms with Gasteiger partial charge in [-0.1, -0.05) is 13.3 Å². The molecule has 1 aliphatic carbocycles. The molecule has 0 aromatic heterocycles. The Hall–Kier alpha value is 0.270. The van der Waals surface area contributed by atoms with Gasteiger partial charge < -0.3 is 5.32 Å². The molecule has 0 spiro atoms. The van der Waals surface area contributed by atoms with Crippen LogP contribution in [0, 0.1) is 5.92 Å². The summed E-state index contributed by atoms with van der Waals surface area (Å²) < 4.78 is 0. The molecule has 0 amide bonds. The van der Waals surface area contributed by atoms with Crippen LogP contribution in [0.25, 0.3) is 0 Å². The third-order valence-electron chi connectivity index (χ3n) is 4.17. The quantitative estimate of drug-likeness (QED) is 0.705. The Morgan fingerprint density at radius 2 is 2.18 bits per heavy atom. The fraction of sp³-hybridized carbons (Fsp3) is 1.00. The van der Waals surface area contributed by atoms with Gasteiger partial charge >= 0.3 is 0 Å². The summed E-state index contributed by atoms with van der Waals surface area (Å²) in [7, 11) is 0. The molecule has 0 aromatic carbocycles. The maximum atomic E-state index is 3.79. The third-order valence-corrected chi connectivity index (χ3v) is 4.87. The van der Waals surface area contributed by atoms with Crippen LogP contribution in [0.5, 0.6) is 0 Å². The van der Waals surface area contributed by atoms with E-state index in [0.717, 1.165) is 18.0 Å². The Bertz CT molecular complexity index is 218. The zero-order valence-electron chi connectivity index (χ0n) is 11.5. The van der Waals surface area contributed by atoms with Crippen LogP contribution < -0.4 is 5.32 Å². The normalized spacial score (nSPS) is 30.7. The first kappa shape index (κ1) is 13.7.